The quantitative estimate of drug-likeness (QED) is 0.392. The lowest BCUT2D eigenvalue weighted by Gasteiger charge is -2.10. The molecule has 0 bridgehead atoms. The number of hydrogen-bond acceptors (Lipinski definition) is 3. The molecule has 0 aliphatic heterocycles. The molecule has 0 unspecified atom stereocenters. The first kappa shape index (κ1) is 11.0. The second-order valence-corrected chi connectivity index (χ2v) is 6.20. The molecule has 0 radical (unpaired) electrons. The molecule has 0 heterocycles. The second-order valence-electron chi connectivity index (χ2n) is 3.23. The Balaban J connectivity index is 2.33. The van der Waals surface area contributed by atoms with Crippen molar-refractivity contribution < 1.29 is 13.2 Å². The van der Waals surface area contributed by atoms with E-state index in [1.54, 1.807) is 6.08 Å². The minimum absolute atomic E-state index is 0.429. The van der Waals surface area contributed by atoms with Crippen LogP contribution in [-0.4, -0.2) is 26.4 Å². The maximum atomic E-state index is 11.1. The number of halogens is 1. The lowest BCUT2D eigenvalue weighted by atomic mass is 10.3. The Morgan fingerprint density at radius 3 is 2.54 bits per heavy atom. The van der Waals surface area contributed by atoms with Gasteiger partial charge in [-0.1, -0.05) is 6.08 Å². The third-order valence-corrected chi connectivity index (χ3v) is 4.89. The fraction of sp³-hybridized carbons (Fsp3) is 0.750. The van der Waals surface area contributed by atoms with Gasteiger partial charge in [-0.05, 0) is 19.3 Å². The van der Waals surface area contributed by atoms with Crippen molar-refractivity contribution in [2.45, 2.75) is 24.0 Å². The third-order valence-electron chi connectivity index (χ3n) is 2.26. The second kappa shape index (κ2) is 3.98. The van der Waals surface area contributed by atoms with Gasteiger partial charge in [-0.25, -0.2) is 8.42 Å². The topological polar surface area (TPSA) is 43.4 Å². The predicted octanol–water partition coefficient (Wildman–Crippen LogP) is 1.68. The molecule has 5 heteroatoms. The van der Waals surface area contributed by atoms with Gasteiger partial charge in [0.2, 0.25) is 9.05 Å². The van der Waals surface area contributed by atoms with Crippen LogP contribution in [0.2, 0.25) is 0 Å². The zero-order chi connectivity index (χ0) is 9.95. The SMILES string of the molecule is C=CCOCCC1(S(=O)(=O)Cl)CC1. The summed E-state index contributed by atoms with van der Waals surface area (Å²) in [6.45, 7) is 4.38. The smallest absolute Gasteiger partial charge is 0.238 e. The summed E-state index contributed by atoms with van der Waals surface area (Å²) in [6.07, 6.45) is 3.45. The fourth-order valence-electron chi connectivity index (χ4n) is 1.18. The van der Waals surface area contributed by atoms with Crippen LogP contribution in [0.15, 0.2) is 12.7 Å². The van der Waals surface area contributed by atoms with Gasteiger partial charge in [0.05, 0.1) is 11.4 Å². The summed E-state index contributed by atoms with van der Waals surface area (Å²) in [5.41, 5.74) is 0. The molecule has 13 heavy (non-hydrogen) atoms. The van der Waals surface area contributed by atoms with Gasteiger partial charge in [-0.3, -0.25) is 0 Å². The zero-order valence-corrected chi connectivity index (χ0v) is 8.90. The maximum absolute atomic E-state index is 11.1. The molecule has 3 nitrogen and oxygen atoms in total. The van der Waals surface area contributed by atoms with Crippen molar-refractivity contribution in [1.82, 2.24) is 0 Å². The van der Waals surface area contributed by atoms with Crippen LogP contribution in [0.4, 0.5) is 0 Å². The normalized spacial score (nSPS) is 19.8. The van der Waals surface area contributed by atoms with Crippen LogP contribution in [0.25, 0.3) is 0 Å². The summed E-state index contributed by atoms with van der Waals surface area (Å²) in [4.78, 5) is 0. The molecular weight excluding hydrogens is 212 g/mol. The van der Waals surface area contributed by atoms with Gasteiger partial charge < -0.3 is 4.74 Å². The molecule has 1 aliphatic carbocycles. The van der Waals surface area contributed by atoms with Crippen molar-refractivity contribution in [3.8, 4) is 0 Å². The molecule has 0 N–H and O–H groups in total. The van der Waals surface area contributed by atoms with E-state index in [0.29, 0.717) is 32.5 Å². The molecule has 1 aliphatic rings. The largest absolute Gasteiger partial charge is 0.377 e. The zero-order valence-electron chi connectivity index (χ0n) is 7.33. The van der Waals surface area contributed by atoms with E-state index in [9.17, 15) is 8.42 Å². The van der Waals surface area contributed by atoms with E-state index in [-0.39, 0.29) is 0 Å². The molecule has 0 atom stereocenters. The Hall–Kier alpha value is -0.0600. The number of hydrogen-bond donors (Lipinski definition) is 0. The summed E-state index contributed by atoms with van der Waals surface area (Å²) >= 11 is 0. The van der Waals surface area contributed by atoms with Crippen molar-refractivity contribution in [3.63, 3.8) is 0 Å². The summed E-state index contributed by atoms with van der Waals surface area (Å²) in [7, 11) is 1.88. The molecule has 1 fully saturated rings. The molecule has 0 amide bonds. The summed E-state index contributed by atoms with van der Waals surface area (Å²) < 4.78 is 26.6. The van der Waals surface area contributed by atoms with E-state index in [1.165, 1.54) is 0 Å². The molecular formula is C8H13ClO3S. The Labute approximate surface area is 83.1 Å². The summed E-state index contributed by atoms with van der Waals surface area (Å²) in [5, 5.41) is 0. The van der Waals surface area contributed by atoms with Crippen LogP contribution in [-0.2, 0) is 13.8 Å². The number of ether oxygens (including phenoxy) is 1. The third kappa shape index (κ3) is 2.69. The van der Waals surface area contributed by atoms with E-state index >= 15 is 0 Å². The van der Waals surface area contributed by atoms with E-state index in [0.717, 1.165) is 0 Å². The van der Waals surface area contributed by atoms with Crippen LogP contribution in [0.5, 0.6) is 0 Å². The molecule has 0 aromatic heterocycles. The van der Waals surface area contributed by atoms with Gasteiger partial charge in [0, 0.05) is 17.3 Å². The van der Waals surface area contributed by atoms with Crippen LogP contribution >= 0.6 is 10.7 Å². The highest BCUT2D eigenvalue weighted by atomic mass is 35.7. The maximum Gasteiger partial charge on any atom is 0.238 e. The van der Waals surface area contributed by atoms with Crippen molar-refractivity contribution in [2.75, 3.05) is 13.2 Å². The van der Waals surface area contributed by atoms with Crippen LogP contribution in [0.1, 0.15) is 19.3 Å². The van der Waals surface area contributed by atoms with Gasteiger partial charge in [0.1, 0.15) is 0 Å². The van der Waals surface area contributed by atoms with Gasteiger partial charge in [0.15, 0.2) is 0 Å². The highest BCUT2D eigenvalue weighted by Gasteiger charge is 2.53. The Morgan fingerprint density at radius 2 is 2.15 bits per heavy atom. The van der Waals surface area contributed by atoms with Crippen molar-refractivity contribution in [1.29, 1.82) is 0 Å². The summed E-state index contributed by atoms with van der Waals surface area (Å²) in [5.74, 6) is 0. The van der Waals surface area contributed by atoms with Crippen molar-refractivity contribution >= 4 is 19.7 Å². The first-order valence-electron chi connectivity index (χ1n) is 4.15. The van der Waals surface area contributed by atoms with Crippen molar-refractivity contribution in [2.24, 2.45) is 0 Å². The number of rotatable bonds is 6. The average molecular weight is 225 g/mol. The predicted molar refractivity (Wildman–Crippen MR) is 52.4 cm³/mol. The van der Waals surface area contributed by atoms with Gasteiger partial charge in [-0.2, -0.15) is 0 Å². The highest BCUT2D eigenvalue weighted by Crippen LogP contribution is 2.48. The molecule has 0 spiro atoms. The standard InChI is InChI=1S/C8H13ClO3S/c1-2-6-12-7-5-8(3-4-8)13(9,10)11/h2H,1,3-7H2. The summed E-state index contributed by atoms with van der Waals surface area (Å²) in [6, 6.07) is 0. The minimum Gasteiger partial charge on any atom is -0.377 e. The van der Waals surface area contributed by atoms with Gasteiger partial charge in [0.25, 0.3) is 0 Å². The minimum atomic E-state index is -3.41. The van der Waals surface area contributed by atoms with Crippen LogP contribution in [0.3, 0.4) is 0 Å². The first-order valence-corrected chi connectivity index (χ1v) is 6.46. The highest BCUT2D eigenvalue weighted by molar-refractivity contribution is 8.15. The molecule has 0 aromatic rings. The van der Waals surface area contributed by atoms with E-state index in [4.69, 9.17) is 15.4 Å². The molecule has 1 rings (SSSR count). The molecule has 1 saturated carbocycles. The van der Waals surface area contributed by atoms with Crippen LogP contribution in [0, 0.1) is 0 Å². The van der Waals surface area contributed by atoms with Crippen LogP contribution < -0.4 is 0 Å². The molecule has 76 valence electrons. The monoisotopic (exact) mass is 224 g/mol. The van der Waals surface area contributed by atoms with E-state index in [1.807, 2.05) is 0 Å². The fourth-order valence-corrected chi connectivity index (χ4v) is 2.79. The lowest BCUT2D eigenvalue weighted by molar-refractivity contribution is 0.157. The Morgan fingerprint density at radius 1 is 1.54 bits per heavy atom. The molecule has 0 saturated heterocycles. The van der Waals surface area contributed by atoms with Crippen molar-refractivity contribution in [3.05, 3.63) is 12.7 Å². The van der Waals surface area contributed by atoms with Gasteiger partial charge in [-0.15, -0.1) is 6.58 Å². The Kier molecular flexibility index (Phi) is 3.38. The van der Waals surface area contributed by atoms with Gasteiger partial charge >= 0.3 is 0 Å². The average Bonchev–Trinajstić information content (AvgIpc) is 2.77. The Bertz CT molecular complexity index is 280. The molecule has 0 aromatic carbocycles. The first-order chi connectivity index (χ1) is 6.02. The van der Waals surface area contributed by atoms with E-state index < -0.39 is 13.8 Å². The lowest BCUT2D eigenvalue weighted by Crippen LogP contribution is -2.20. The van der Waals surface area contributed by atoms with E-state index in [2.05, 4.69) is 6.58 Å².